The zero-order valence-corrected chi connectivity index (χ0v) is 11.9. The first-order valence-corrected chi connectivity index (χ1v) is 6.98. The highest BCUT2D eigenvalue weighted by Gasteiger charge is 2.11. The number of H-pyrrole nitrogens is 1. The minimum absolute atomic E-state index is 0.215. The molecule has 1 amide bonds. The predicted molar refractivity (Wildman–Crippen MR) is 87.0 cm³/mol. The standard InChI is InChI=1S/C17H12N4O2/c18-16(23)14-6-12-13-5-10(9-1-3-11(22)4-2-9)7-20-17(13)21-15(12)8-19-14/h1-8,22H,(H2,18,23)(H,20,21). The molecule has 3 aromatic heterocycles. The van der Waals surface area contributed by atoms with E-state index < -0.39 is 5.91 Å². The fourth-order valence-electron chi connectivity index (χ4n) is 2.62. The molecule has 23 heavy (non-hydrogen) atoms. The summed E-state index contributed by atoms with van der Waals surface area (Å²) in [7, 11) is 0. The molecule has 0 aliphatic carbocycles. The average molecular weight is 304 g/mol. The number of nitrogens with one attached hydrogen (secondary N) is 1. The maximum atomic E-state index is 11.3. The van der Waals surface area contributed by atoms with Crippen molar-refractivity contribution in [1.29, 1.82) is 0 Å². The first-order chi connectivity index (χ1) is 11.1. The lowest BCUT2D eigenvalue weighted by Crippen LogP contribution is -2.12. The highest BCUT2D eigenvalue weighted by molar-refractivity contribution is 6.08. The van der Waals surface area contributed by atoms with Gasteiger partial charge in [-0.2, -0.15) is 0 Å². The van der Waals surface area contributed by atoms with Crippen molar-refractivity contribution in [3.05, 3.63) is 54.5 Å². The first-order valence-electron chi connectivity index (χ1n) is 6.98. The molecule has 0 spiro atoms. The molecule has 0 fully saturated rings. The summed E-state index contributed by atoms with van der Waals surface area (Å²) in [5.41, 5.74) is 8.88. The largest absolute Gasteiger partial charge is 0.508 e. The zero-order chi connectivity index (χ0) is 16.0. The lowest BCUT2D eigenvalue weighted by atomic mass is 10.1. The number of hydrogen-bond donors (Lipinski definition) is 3. The highest BCUT2D eigenvalue weighted by atomic mass is 16.3. The van der Waals surface area contributed by atoms with Gasteiger partial charge in [0.05, 0.1) is 11.7 Å². The molecule has 4 rings (SSSR count). The molecule has 0 bridgehead atoms. The van der Waals surface area contributed by atoms with Gasteiger partial charge < -0.3 is 15.8 Å². The van der Waals surface area contributed by atoms with E-state index in [0.29, 0.717) is 5.65 Å². The van der Waals surface area contributed by atoms with Crippen molar-refractivity contribution in [2.24, 2.45) is 5.73 Å². The molecule has 4 aromatic rings. The Morgan fingerprint density at radius 1 is 1.00 bits per heavy atom. The van der Waals surface area contributed by atoms with Gasteiger partial charge in [-0.3, -0.25) is 4.79 Å². The van der Waals surface area contributed by atoms with Crippen LogP contribution in [0.2, 0.25) is 0 Å². The molecule has 6 heteroatoms. The first kappa shape index (κ1) is 13.3. The number of phenols is 1. The molecular weight excluding hydrogens is 292 g/mol. The minimum Gasteiger partial charge on any atom is -0.508 e. The highest BCUT2D eigenvalue weighted by Crippen LogP contribution is 2.29. The zero-order valence-electron chi connectivity index (χ0n) is 11.9. The number of nitrogens with two attached hydrogens (primary N) is 1. The van der Waals surface area contributed by atoms with Crippen molar-refractivity contribution >= 4 is 27.8 Å². The number of phenolic OH excluding ortho intramolecular Hbond substituents is 1. The lowest BCUT2D eigenvalue weighted by Gasteiger charge is -2.02. The monoisotopic (exact) mass is 304 g/mol. The number of hydrogen-bond acceptors (Lipinski definition) is 4. The van der Waals surface area contributed by atoms with E-state index in [4.69, 9.17) is 5.73 Å². The molecule has 1 aromatic carbocycles. The van der Waals surface area contributed by atoms with E-state index in [1.165, 1.54) is 0 Å². The van der Waals surface area contributed by atoms with Crippen molar-refractivity contribution in [1.82, 2.24) is 15.0 Å². The number of aromatic nitrogens is 3. The summed E-state index contributed by atoms with van der Waals surface area (Å²) < 4.78 is 0. The third-order valence-electron chi connectivity index (χ3n) is 3.79. The van der Waals surface area contributed by atoms with Crippen LogP contribution in [0.5, 0.6) is 5.75 Å². The lowest BCUT2D eigenvalue weighted by molar-refractivity contribution is 0.0996. The fraction of sp³-hybridized carbons (Fsp3) is 0. The van der Waals surface area contributed by atoms with Gasteiger partial charge in [0, 0.05) is 22.5 Å². The number of aromatic amines is 1. The molecular formula is C17H12N4O2. The molecule has 112 valence electrons. The Bertz CT molecular complexity index is 1050. The quantitative estimate of drug-likeness (QED) is 0.529. The smallest absolute Gasteiger partial charge is 0.267 e. The second-order valence-corrected chi connectivity index (χ2v) is 5.27. The van der Waals surface area contributed by atoms with Crippen LogP contribution in [0.4, 0.5) is 0 Å². The molecule has 0 saturated carbocycles. The Hall–Kier alpha value is -3.41. The van der Waals surface area contributed by atoms with E-state index in [1.54, 1.807) is 30.6 Å². The van der Waals surface area contributed by atoms with Crippen LogP contribution in [0.1, 0.15) is 10.5 Å². The second kappa shape index (κ2) is 4.81. The predicted octanol–water partition coefficient (Wildman–Crippen LogP) is 2.58. The van der Waals surface area contributed by atoms with Gasteiger partial charge in [-0.1, -0.05) is 12.1 Å². The van der Waals surface area contributed by atoms with Crippen LogP contribution in [0.15, 0.2) is 48.8 Å². The van der Waals surface area contributed by atoms with Gasteiger partial charge >= 0.3 is 0 Å². The summed E-state index contributed by atoms with van der Waals surface area (Å²) in [6.07, 6.45) is 3.34. The van der Waals surface area contributed by atoms with Gasteiger partial charge in [-0.15, -0.1) is 0 Å². The van der Waals surface area contributed by atoms with Gasteiger partial charge in [-0.05, 0) is 29.8 Å². The normalized spacial score (nSPS) is 11.1. The van der Waals surface area contributed by atoms with Crippen molar-refractivity contribution in [3.8, 4) is 16.9 Å². The number of fused-ring (bicyclic) bond motifs is 3. The Labute approximate surface area is 130 Å². The molecule has 0 aliphatic heterocycles. The van der Waals surface area contributed by atoms with E-state index in [9.17, 15) is 9.90 Å². The van der Waals surface area contributed by atoms with Crippen LogP contribution in [0, 0.1) is 0 Å². The van der Waals surface area contributed by atoms with E-state index in [1.807, 2.05) is 18.2 Å². The Kier molecular flexibility index (Phi) is 2.77. The molecule has 6 nitrogen and oxygen atoms in total. The number of carbonyl (C=O) groups excluding carboxylic acids is 1. The summed E-state index contributed by atoms with van der Waals surface area (Å²) in [4.78, 5) is 23.0. The topological polar surface area (TPSA) is 105 Å². The number of primary amides is 1. The van der Waals surface area contributed by atoms with E-state index in [2.05, 4.69) is 15.0 Å². The van der Waals surface area contributed by atoms with Gasteiger partial charge in [-0.25, -0.2) is 9.97 Å². The number of pyridine rings is 2. The number of nitrogens with zero attached hydrogens (tertiary/aromatic N) is 2. The Balaban J connectivity index is 1.95. The summed E-state index contributed by atoms with van der Waals surface area (Å²) in [5.74, 6) is -0.351. The summed E-state index contributed by atoms with van der Waals surface area (Å²) in [6, 6.07) is 10.6. The molecule has 0 unspecified atom stereocenters. The molecule has 0 saturated heterocycles. The molecule has 0 atom stereocenters. The van der Waals surface area contributed by atoms with E-state index in [-0.39, 0.29) is 11.4 Å². The van der Waals surface area contributed by atoms with Crippen LogP contribution < -0.4 is 5.73 Å². The Morgan fingerprint density at radius 3 is 2.52 bits per heavy atom. The second-order valence-electron chi connectivity index (χ2n) is 5.27. The van der Waals surface area contributed by atoms with Gasteiger partial charge in [0.15, 0.2) is 0 Å². The minimum atomic E-state index is -0.566. The van der Waals surface area contributed by atoms with Crippen LogP contribution in [0.3, 0.4) is 0 Å². The summed E-state index contributed by atoms with van der Waals surface area (Å²) in [6.45, 7) is 0. The maximum Gasteiger partial charge on any atom is 0.267 e. The number of aromatic hydroxyl groups is 1. The van der Waals surface area contributed by atoms with Crippen molar-refractivity contribution in [3.63, 3.8) is 0 Å². The molecule has 0 radical (unpaired) electrons. The fourth-order valence-corrected chi connectivity index (χ4v) is 2.62. The number of carbonyl (C=O) groups is 1. The summed E-state index contributed by atoms with van der Waals surface area (Å²) in [5, 5.41) is 11.1. The maximum absolute atomic E-state index is 11.3. The van der Waals surface area contributed by atoms with Crippen LogP contribution in [-0.4, -0.2) is 26.0 Å². The van der Waals surface area contributed by atoms with Crippen LogP contribution >= 0.6 is 0 Å². The van der Waals surface area contributed by atoms with E-state index >= 15 is 0 Å². The van der Waals surface area contributed by atoms with Gasteiger partial charge in [0.2, 0.25) is 0 Å². The number of amides is 1. The summed E-state index contributed by atoms with van der Waals surface area (Å²) >= 11 is 0. The third kappa shape index (κ3) is 2.17. The van der Waals surface area contributed by atoms with Gasteiger partial charge in [0.25, 0.3) is 5.91 Å². The molecule has 3 heterocycles. The molecule has 0 aliphatic rings. The van der Waals surface area contributed by atoms with Crippen molar-refractivity contribution < 1.29 is 9.90 Å². The van der Waals surface area contributed by atoms with E-state index in [0.717, 1.165) is 27.4 Å². The Morgan fingerprint density at radius 2 is 1.78 bits per heavy atom. The third-order valence-corrected chi connectivity index (χ3v) is 3.79. The van der Waals surface area contributed by atoms with Crippen molar-refractivity contribution in [2.75, 3.05) is 0 Å². The van der Waals surface area contributed by atoms with Crippen LogP contribution in [0.25, 0.3) is 33.1 Å². The number of rotatable bonds is 2. The van der Waals surface area contributed by atoms with Gasteiger partial charge in [0.1, 0.15) is 17.1 Å². The van der Waals surface area contributed by atoms with Crippen molar-refractivity contribution in [2.45, 2.75) is 0 Å². The van der Waals surface area contributed by atoms with Crippen LogP contribution in [-0.2, 0) is 0 Å². The SMILES string of the molecule is NC(=O)c1cc2c(cn1)[nH]c1ncc(-c3ccc(O)cc3)cc12. The number of benzene rings is 1. The average Bonchev–Trinajstić information content (AvgIpc) is 2.92. The molecule has 4 N–H and O–H groups in total.